The number of halogens is 1. The van der Waals surface area contributed by atoms with Crippen LogP contribution in [0.15, 0.2) is 15.9 Å². The molecule has 1 amide bonds. The molecule has 1 aromatic heterocycles. The summed E-state index contributed by atoms with van der Waals surface area (Å²) in [6.07, 6.45) is 1.86. The minimum absolute atomic E-state index is 0.331. The summed E-state index contributed by atoms with van der Waals surface area (Å²) >= 11 is 4.67. The molecule has 0 bridgehead atoms. The van der Waals surface area contributed by atoms with Gasteiger partial charge in [-0.15, -0.1) is 11.3 Å². The molecule has 0 saturated carbocycles. The first-order valence-electron chi connectivity index (χ1n) is 9.04. The summed E-state index contributed by atoms with van der Waals surface area (Å²) in [6.45, 7) is 12.1. The molecular weight excluding hydrogens is 434 g/mol. The Balaban J connectivity index is 0.000000562. The van der Waals surface area contributed by atoms with E-state index in [1.807, 2.05) is 19.9 Å². The minimum atomic E-state index is -0.543. The summed E-state index contributed by atoms with van der Waals surface area (Å²) in [5, 5.41) is 0. The molecule has 1 aromatic rings. The maximum atomic E-state index is 11.9. The summed E-state index contributed by atoms with van der Waals surface area (Å²) < 4.78 is 11.2. The molecule has 154 valence electrons. The molecular formula is C19H30BrNO5S. The second-order valence-corrected chi connectivity index (χ2v) is 8.84. The second-order valence-electron chi connectivity index (χ2n) is 6.34. The van der Waals surface area contributed by atoms with Crippen molar-refractivity contribution in [2.75, 3.05) is 13.2 Å². The molecule has 0 aliphatic carbocycles. The molecule has 0 N–H and O–H groups in total. The smallest absolute Gasteiger partial charge is 0.411 e. The molecule has 1 atom stereocenters. The van der Waals surface area contributed by atoms with E-state index in [0.717, 1.165) is 21.4 Å². The highest BCUT2D eigenvalue weighted by Crippen LogP contribution is 2.22. The van der Waals surface area contributed by atoms with Crippen LogP contribution in [-0.2, 0) is 14.3 Å². The maximum Gasteiger partial charge on any atom is 0.411 e. The van der Waals surface area contributed by atoms with Crippen molar-refractivity contribution in [2.45, 2.75) is 66.0 Å². The van der Waals surface area contributed by atoms with Crippen molar-refractivity contribution in [3.63, 3.8) is 0 Å². The molecule has 1 aliphatic rings. The van der Waals surface area contributed by atoms with E-state index in [1.165, 1.54) is 16.2 Å². The summed E-state index contributed by atoms with van der Waals surface area (Å²) in [6, 6.07) is 3.15. The fourth-order valence-electron chi connectivity index (χ4n) is 2.18. The van der Waals surface area contributed by atoms with Crippen LogP contribution in [0, 0.1) is 0 Å². The van der Waals surface area contributed by atoms with Crippen LogP contribution in [0.2, 0.25) is 0 Å². The van der Waals surface area contributed by atoms with E-state index >= 15 is 0 Å². The van der Waals surface area contributed by atoms with Crippen LogP contribution in [0.1, 0.15) is 64.1 Å². The lowest BCUT2D eigenvalue weighted by molar-refractivity contribution is -0.148. The third-order valence-corrected chi connectivity index (χ3v) is 4.70. The first-order valence-corrected chi connectivity index (χ1v) is 10.7. The number of nitrogens with zero attached hydrogens (tertiary/aromatic N) is 1. The molecule has 2 heterocycles. The zero-order valence-electron chi connectivity index (χ0n) is 16.9. The Labute approximate surface area is 174 Å². The van der Waals surface area contributed by atoms with Crippen molar-refractivity contribution in [1.82, 2.24) is 4.90 Å². The summed E-state index contributed by atoms with van der Waals surface area (Å²) in [5.74, 6) is -0.337. The van der Waals surface area contributed by atoms with E-state index in [2.05, 4.69) is 15.9 Å². The molecule has 2 rings (SSSR count). The van der Waals surface area contributed by atoms with Crippen molar-refractivity contribution >= 4 is 45.6 Å². The van der Waals surface area contributed by atoms with Crippen molar-refractivity contribution in [3.05, 3.63) is 20.8 Å². The lowest BCUT2D eigenvalue weighted by atomic mass is 10.2. The van der Waals surface area contributed by atoms with Gasteiger partial charge in [-0.05, 0) is 68.6 Å². The predicted molar refractivity (Wildman–Crippen MR) is 111 cm³/mol. The third kappa shape index (κ3) is 9.91. The number of amides is 1. The Hall–Kier alpha value is -1.41. The average molecular weight is 464 g/mol. The molecule has 0 spiro atoms. The number of thiophene rings is 1. The molecule has 1 aliphatic heterocycles. The Kier molecular flexibility index (Phi) is 12.2. The Morgan fingerprint density at radius 3 is 2.37 bits per heavy atom. The number of hydrogen-bond donors (Lipinski definition) is 0. The normalized spacial score (nSPS) is 15.7. The Bertz CT molecular complexity index is 597. The summed E-state index contributed by atoms with van der Waals surface area (Å²) in [4.78, 5) is 35.8. The average Bonchev–Trinajstić information content (AvgIpc) is 3.24. The van der Waals surface area contributed by atoms with Crippen molar-refractivity contribution in [2.24, 2.45) is 0 Å². The van der Waals surface area contributed by atoms with Crippen LogP contribution >= 0.6 is 27.3 Å². The van der Waals surface area contributed by atoms with Crippen LogP contribution in [0.5, 0.6) is 0 Å². The van der Waals surface area contributed by atoms with Gasteiger partial charge in [0.1, 0.15) is 11.6 Å². The number of likely N-dealkylation sites (tertiary alicyclic amines) is 1. The number of carbonyl (C=O) groups excluding carboxylic acids is 3. The second kappa shape index (κ2) is 12.9. The monoisotopic (exact) mass is 463 g/mol. The zero-order valence-corrected chi connectivity index (χ0v) is 19.3. The molecule has 0 aromatic carbocycles. The van der Waals surface area contributed by atoms with E-state index in [4.69, 9.17) is 9.47 Å². The number of ether oxygens (including phenoxy) is 2. The highest BCUT2D eigenvalue weighted by molar-refractivity contribution is 9.11. The van der Waals surface area contributed by atoms with Crippen molar-refractivity contribution < 1.29 is 23.9 Å². The van der Waals surface area contributed by atoms with Crippen LogP contribution in [0.4, 0.5) is 4.79 Å². The third-order valence-electron chi connectivity index (χ3n) is 3.15. The fraction of sp³-hybridized carbons (Fsp3) is 0.632. The predicted octanol–water partition coefficient (Wildman–Crippen LogP) is 5.30. The minimum Gasteiger partial charge on any atom is -0.464 e. The molecule has 1 saturated heterocycles. The fourth-order valence-corrected chi connectivity index (χ4v) is 3.42. The Morgan fingerprint density at radius 1 is 1.33 bits per heavy atom. The van der Waals surface area contributed by atoms with Crippen molar-refractivity contribution in [1.29, 1.82) is 0 Å². The van der Waals surface area contributed by atoms with E-state index in [-0.39, 0.29) is 5.97 Å². The SMILES string of the molecule is CC.CCOC(=O)C1CCCN1C(=O)OC(C)(C)C.O=Cc1ccc(Br)s1. The number of hydrogen-bond acceptors (Lipinski definition) is 6. The van der Waals surface area contributed by atoms with Gasteiger partial charge in [0.05, 0.1) is 15.3 Å². The van der Waals surface area contributed by atoms with E-state index in [0.29, 0.717) is 19.6 Å². The van der Waals surface area contributed by atoms with Crippen LogP contribution < -0.4 is 0 Å². The highest BCUT2D eigenvalue weighted by Gasteiger charge is 2.37. The van der Waals surface area contributed by atoms with Crippen LogP contribution in [-0.4, -0.2) is 48.0 Å². The lowest BCUT2D eigenvalue weighted by Crippen LogP contribution is -2.44. The topological polar surface area (TPSA) is 72.9 Å². The summed E-state index contributed by atoms with van der Waals surface area (Å²) in [5.41, 5.74) is -0.543. The standard InChI is InChI=1S/C12H21NO4.C5H3BrOS.C2H6/c1-5-16-10(14)9-7-6-8-13(9)11(15)17-12(2,3)4;6-5-2-1-4(3-7)8-5;1-2/h9H,5-8H2,1-4H3;1-3H;1-2H3. The van der Waals surface area contributed by atoms with Gasteiger partial charge in [0.15, 0.2) is 6.29 Å². The van der Waals surface area contributed by atoms with Gasteiger partial charge in [-0.3, -0.25) is 9.69 Å². The quantitative estimate of drug-likeness (QED) is 0.449. The Morgan fingerprint density at radius 2 is 1.96 bits per heavy atom. The van der Waals surface area contributed by atoms with E-state index in [9.17, 15) is 14.4 Å². The molecule has 8 heteroatoms. The van der Waals surface area contributed by atoms with Gasteiger partial charge >= 0.3 is 12.1 Å². The maximum absolute atomic E-state index is 11.9. The van der Waals surface area contributed by atoms with E-state index < -0.39 is 17.7 Å². The molecule has 1 fully saturated rings. The van der Waals surface area contributed by atoms with Crippen LogP contribution in [0.3, 0.4) is 0 Å². The first-order chi connectivity index (χ1) is 12.7. The van der Waals surface area contributed by atoms with E-state index in [1.54, 1.807) is 33.8 Å². The van der Waals surface area contributed by atoms with Gasteiger partial charge in [-0.2, -0.15) is 0 Å². The summed E-state index contributed by atoms with van der Waals surface area (Å²) in [7, 11) is 0. The zero-order chi connectivity index (χ0) is 21.0. The van der Waals surface area contributed by atoms with Gasteiger partial charge in [0, 0.05) is 6.54 Å². The molecule has 6 nitrogen and oxygen atoms in total. The highest BCUT2D eigenvalue weighted by atomic mass is 79.9. The number of carbonyl (C=O) groups is 3. The number of rotatable bonds is 3. The van der Waals surface area contributed by atoms with Gasteiger partial charge in [-0.25, -0.2) is 9.59 Å². The van der Waals surface area contributed by atoms with Gasteiger partial charge in [0.2, 0.25) is 0 Å². The first kappa shape index (κ1) is 25.6. The van der Waals surface area contributed by atoms with Gasteiger partial charge in [0.25, 0.3) is 0 Å². The number of esters is 1. The van der Waals surface area contributed by atoms with Crippen molar-refractivity contribution in [3.8, 4) is 0 Å². The van der Waals surface area contributed by atoms with Gasteiger partial charge < -0.3 is 9.47 Å². The lowest BCUT2D eigenvalue weighted by Gasteiger charge is -2.27. The molecule has 1 unspecified atom stereocenters. The molecule has 0 radical (unpaired) electrons. The van der Waals surface area contributed by atoms with Crippen LogP contribution in [0.25, 0.3) is 0 Å². The largest absolute Gasteiger partial charge is 0.464 e. The molecule has 27 heavy (non-hydrogen) atoms. The number of aldehydes is 1. The van der Waals surface area contributed by atoms with Gasteiger partial charge in [-0.1, -0.05) is 13.8 Å².